The number of carbonyl (C=O) groups excluding carboxylic acids is 1. The average molecular weight is 243 g/mol. The Morgan fingerprint density at radius 3 is 2.62 bits per heavy atom. The van der Waals surface area contributed by atoms with Crippen molar-refractivity contribution in [2.24, 2.45) is 0 Å². The molecule has 0 bridgehead atoms. The highest BCUT2D eigenvalue weighted by atomic mass is 35.5. The highest BCUT2D eigenvalue weighted by molar-refractivity contribution is 6.30. The molecule has 0 aliphatic carbocycles. The fourth-order valence-corrected chi connectivity index (χ4v) is 1.24. The van der Waals surface area contributed by atoms with Crippen LogP contribution in [-0.4, -0.2) is 19.2 Å². The molecule has 4 heteroatoms. The molecule has 0 heterocycles. The lowest BCUT2D eigenvalue weighted by molar-refractivity contribution is -0.146. The number of halogens is 1. The van der Waals surface area contributed by atoms with Gasteiger partial charge in [0.2, 0.25) is 0 Å². The Morgan fingerprint density at radius 2 is 2.00 bits per heavy atom. The summed E-state index contributed by atoms with van der Waals surface area (Å²) in [4.78, 5) is 11.2. The molecular formula is C12H15ClO3. The molecule has 0 aliphatic rings. The van der Waals surface area contributed by atoms with Crippen LogP contribution < -0.4 is 0 Å². The topological polar surface area (TPSA) is 35.5 Å². The van der Waals surface area contributed by atoms with Crippen LogP contribution in [-0.2, 0) is 20.9 Å². The van der Waals surface area contributed by atoms with E-state index in [0.29, 0.717) is 24.7 Å². The minimum atomic E-state index is -0.247. The quantitative estimate of drug-likeness (QED) is 0.568. The zero-order chi connectivity index (χ0) is 11.8. The van der Waals surface area contributed by atoms with Crippen LogP contribution in [0.2, 0.25) is 5.02 Å². The molecule has 1 rings (SSSR count). The summed E-state index contributed by atoms with van der Waals surface area (Å²) < 4.78 is 10.1. The maximum atomic E-state index is 11.2. The number of esters is 1. The normalized spacial score (nSPS) is 10.1. The smallest absolute Gasteiger partial charge is 0.308 e. The van der Waals surface area contributed by atoms with Crippen molar-refractivity contribution < 1.29 is 14.3 Å². The van der Waals surface area contributed by atoms with Crippen LogP contribution >= 0.6 is 11.6 Å². The highest BCUT2D eigenvalue weighted by Gasteiger charge is 2.02. The van der Waals surface area contributed by atoms with Crippen molar-refractivity contribution >= 4 is 17.6 Å². The molecule has 0 fully saturated rings. The van der Waals surface area contributed by atoms with Gasteiger partial charge in [0, 0.05) is 11.6 Å². The molecule has 0 saturated heterocycles. The van der Waals surface area contributed by atoms with Crippen molar-refractivity contribution in [1.82, 2.24) is 0 Å². The molecule has 0 aromatic heterocycles. The molecule has 0 radical (unpaired) electrons. The van der Waals surface area contributed by atoms with E-state index in [9.17, 15) is 4.79 Å². The van der Waals surface area contributed by atoms with E-state index in [4.69, 9.17) is 21.1 Å². The van der Waals surface area contributed by atoms with E-state index in [1.54, 1.807) is 12.1 Å². The molecule has 0 N–H and O–H groups in total. The first-order valence-electron chi connectivity index (χ1n) is 5.20. The maximum Gasteiger partial charge on any atom is 0.308 e. The summed E-state index contributed by atoms with van der Waals surface area (Å²) in [7, 11) is 0. The monoisotopic (exact) mass is 242 g/mol. The molecule has 0 aliphatic heterocycles. The summed E-state index contributed by atoms with van der Waals surface area (Å²) >= 11 is 5.73. The summed E-state index contributed by atoms with van der Waals surface area (Å²) in [6.45, 7) is 3.20. The summed E-state index contributed by atoms with van der Waals surface area (Å²) in [6.07, 6.45) is 0.293. The second-order valence-corrected chi connectivity index (χ2v) is 3.67. The number of rotatable bonds is 6. The number of hydrogen-bond donors (Lipinski definition) is 0. The van der Waals surface area contributed by atoms with E-state index in [1.807, 2.05) is 19.1 Å². The van der Waals surface area contributed by atoms with Gasteiger partial charge >= 0.3 is 5.97 Å². The third kappa shape index (κ3) is 5.14. The SMILES string of the molecule is CCOCCC(=O)OCc1ccc(Cl)cc1. The van der Waals surface area contributed by atoms with E-state index in [2.05, 4.69) is 0 Å². The van der Waals surface area contributed by atoms with Gasteiger partial charge in [-0.15, -0.1) is 0 Å². The summed E-state index contributed by atoms with van der Waals surface area (Å²) in [5.41, 5.74) is 0.925. The van der Waals surface area contributed by atoms with Gasteiger partial charge in [-0.25, -0.2) is 0 Å². The standard InChI is InChI=1S/C12H15ClO3/c1-2-15-8-7-12(14)16-9-10-3-5-11(13)6-4-10/h3-6H,2,7-9H2,1H3. The second-order valence-electron chi connectivity index (χ2n) is 3.23. The minimum absolute atomic E-state index is 0.247. The van der Waals surface area contributed by atoms with Crippen LogP contribution in [0.15, 0.2) is 24.3 Å². The molecule has 0 saturated carbocycles. The number of benzene rings is 1. The lowest BCUT2D eigenvalue weighted by Gasteiger charge is -2.05. The average Bonchev–Trinajstić information content (AvgIpc) is 2.29. The first kappa shape index (κ1) is 13.0. The zero-order valence-electron chi connectivity index (χ0n) is 9.24. The largest absolute Gasteiger partial charge is 0.461 e. The third-order valence-electron chi connectivity index (χ3n) is 1.97. The Kier molecular flexibility index (Phi) is 5.90. The van der Waals surface area contributed by atoms with Gasteiger partial charge in [0.1, 0.15) is 6.61 Å². The molecule has 0 spiro atoms. The van der Waals surface area contributed by atoms with E-state index >= 15 is 0 Å². The Bertz CT molecular complexity index is 322. The van der Waals surface area contributed by atoms with Gasteiger partial charge in [-0.05, 0) is 24.6 Å². The van der Waals surface area contributed by atoms with Crippen LogP contribution in [0.3, 0.4) is 0 Å². The van der Waals surface area contributed by atoms with Gasteiger partial charge in [0.25, 0.3) is 0 Å². The molecule has 1 aromatic rings. The van der Waals surface area contributed by atoms with Gasteiger partial charge in [-0.2, -0.15) is 0 Å². The van der Waals surface area contributed by atoms with Gasteiger partial charge in [0.05, 0.1) is 13.0 Å². The lowest BCUT2D eigenvalue weighted by Crippen LogP contribution is -2.08. The maximum absolute atomic E-state index is 11.2. The van der Waals surface area contributed by atoms with E-state index in [0.717, 1.165) is 5.56 Å². The number of ether oxygens (including phenoxy) is 2. The summed E-state index contributed by atoms with van der Waals surface area (Å²) in [6, 6.07) is 7.20. The molecule has 1 aromatic carbocycles. The first-order chi connectivity index (χ1) is 7.72. The highest BCUT2D eigenvalue weighted by Crippen LogP contribution is 2.10. The Hall–Kier alpha value is -1.06. The number of carbonyl (C=O) groups is 1. The molecule has 0 atom stereocenters. The van der Waals surface area contributed by atoms with Crippen molar-refractivity contribution in [3.05, 3.63) is 34.9 Å². The zero-order valence-corrected chi connectivity index (χ0v) is 10.00. The molecular weight excluding hydrogens is 228 g/mol. The Labute approximate surface area is 100 Å². The predicted octanol–water partition coefficient (Wildman–Crippen LogP) is 2.81. The summed E-state index contributed by atoms with van der Waals surface area (Å²) in [5, 5.41) is 0.673. The van der Waals surface area contributed by atoms with Crippen LogP contribution in [0.25, 0.3) is 0 Å². The van der Waals surface area contributed by atoms with E-state index in [-0.39, 0.29) is 12.6 Å². The van der Waals surface area contributed by atoms with E-state index < -0.39 is 0 Å². The van der Waals surface area contributed by atoms with Crippen LogP contribution in [0, 0.1) is 0 Å². The van der Waals surface area contributed by atoms with Crippen LogP contribution in [0.1, 0.15) is 18.9 Å². The van der Waals surface area contributed by atoms with Crippen molar-refractivity contribution in [3.8, 4) is 0 Å². The minimum Gasteiger partial charge on any atom is -0.461 e. The first-order valence-corrected chi connectivity index (χ1v) is 5.58. The Balaban J connectivity index is 2.23. The van der Waals surface area contributed by atoms with Crippen molar-refractivity contribution in [1.29, 1.82) is 0 Å². The number of hydrogen-bond acceptors (Lipinski definition) is 3. The molecule has 88 valence electrons. The molecule has 0 amide bonds. The van der Waals surface area contributed by atoms with Gasteiger partial charge in [-0.1, -0.05) is 23.7 Å². The Morgan fingerprint density at radius 1 is 1.31 bits per heavy atom. The lowest BCUT2D eigenvalue weighted by atomic mass is 10.2. The van der Waals surface area contributed by atoms with Crippen molar-refractivity contribution in [2.75, 3.05) is 13.2 Å². The fourth-order valence-electron chi connectivity index (χ4n) is 1.12. The van der Waals surface area contributed by atoms with Gasteiger partial charge in [0.15, 0.2) is 0 Å². The van der Waals surface area contributed by atoms with Crippen molar-refractivity contribution in [2.45, 2.75) is 20.0 Å². The third-order valence-corrected chi connectivity index (χ3v) is 2.22. The van der Waals surface area contributed by atoms with Gasteiger partial charge < -0.3 is 9.47 Å². The second kappa shape index (κ2) is 7.25. The van der Waals surface area contributed by atoms with Gasteiger partial charge in [-0.3, -0.25) is 4.79 Å². The molecule has 3 nitrogen and oxygen atoms in total. The molecule has 0 unspecified atom stereocenters. The summed E-state index contributed by atoms with van der Waals surface area (Å²) in [5.74, 6) is -0.247. The van der Waals surface area contributed by atoms with Crippen LogP contribution in [0.4, 0.5) is 0 Å². The van der Waals surface area contributed by atoms with Crippen LogP contribution in [0.5, 0.6) is 0 Å². The fraction of sp³-hybridized carbons (Fsp3) is 0.417. The van der Waals surface area contributed by atoms with E-state index in [1.165, 1.54) is 0 Å². The predicted molar refractivity (Wildman–Crippen MR) is 62.4 cm³/mol. The molecule has 16 heavy (non-hydrogen) atoms. The van der Waals surface area contributed by atoms with Crippen molar-refractivity contribution in [3.63, 3.8) is 0 Å².